The lowest BCUT2D eigenvalue weighted by molar-refractivity contribution is -0.153. The van der Waals surface area contributed by atoms with Gasteiger partial charge in [0.05, 0.1) is 0 Å². The van der Waals surface area contributed by atoms with Gasteiger partial charge in [-0.05, 0) is 17.0 Å². The average Bonchev–Trinajstić information content (AvgIpc) is 3.11. The first-order valence-electron chi connectivity index (χ1n) is 9.70. The fraction of sp³-hybridized carbons (Fsp3) is 0.435. The van der Waals surface area contributed by atoms with E-state index in [0.29, 0.717) is 13.2 Å². The van der Waals surface area contributed by atoms with Crippen LogP contribution in [-0.2, 0) is 16.1 Å². The normalized spacial score (nSPS) is 21.3. The number of rotatable bonds is 7. The highest BCUT2D eigenvalue weighted by Crippen LogP contribution is 2.34. The van der Waals surface area contributed by atoms with Crippen LogP contribution in [0.3, 0.4) is 0 Å². The Morgan fingerprint density at radius 2 is 1.70 bits per heavy atom. The molecule has 4 nitrogen and oxygen atoms in total. The maximum absolute atomic E-state index is 12.9. The summed E-state index contributed by atoms with van der Waals surface area (Å²) in [5.41, 5.74) is 2.21. The third kappa shape index (κ3) is 4.76. The van der Waals surface area contributed by atoms with Crippen LogP contribution in [0.1, 0.15) is 30.9 Å². The predicted octanol–water partition coefficient (Wildman–Crippen LogP) is 3.46. The van der Waals surface area contributed by atoms with E-state index in [1.54, 1.807) is 0 Å². The van der Waals surface area contributed by atoms with Crippen LogP contribution in [0.5, 0.6) is 0 Å². The number of aliphatic hydroxyl groups excluding tert-OH is 1. The Hall–Kier alpha value is -2.17. The molecule has 0 radical (unpaired) electrons. The lowest BCUT2D eigenvalue weighted by Crippen LogP contribution is -2.44. The molecule has 1 N–H and O–H groups in total. The number of nitrogens with zero attached hydrogens (tertiary/aromatic N) is 1. The van der Waals surface area contributed by atoms with Gasteiger partial charge in [0.25, 0.3) is 0 Å². The van der Waals surface area contributed by atoms with Crippen molar-refractivity contribution in [2.75, 3.05) is 19.7 Å². The Bertz CT molecular complexity index is 717. The summed E-state index contributed by atoms with van der Waals surface area (Å²) in [4.78, 5) is 15.0. The molecule has 0 saturated carbocycles. The number of carbonyl (C=O) groups excluding carboxylic acids is 1. The number of likely N-dealkylation sites (tertiary alicyclic amines) is 1. The molecular formula is C23H29NO3. The van der Waals surface area contributed by atoms with E-state index >= 15 is 0 Å². The Balaban J connectivity index is 1.70. The second-order valence-corrected chi connectivity index (χ2v) is 7.70. The summed E-state index contributed by atoms with van der Waals surface area (Å²) < 4.78 is 5.63. The summed E-state index contributed by atoms with van der Waals surface area (Å²) >= 11 is 0. The van der Waals surface area contributed by atoms with Gasteiger partial charge in [-0.1, -0.05) is 74.5 Å². The number of benzene rings is 2. The van der Waals surface area contributed by atoms with Gasteiger partial charge in [0, 0.05) is 31.5 Å². The van der Waals surface area contributed by atoms with Crippen LogP contribution in [0.4, 0.5) is 0 Å². The fourth-order valence-electron chi connectivity index (χ4n) is 4.05. The second kappa shape index (κ2) is 9.16. The highest BCUT2D eigenvalue weighted by Gasteiger charge is 2.40. The molecule has 1 aliphatic rings. The topological polar surface area (TPSA) is 49.8 Å². The van der Waals surface area contributed by atoms with Crippen molar-refractivity contribution in [2.24, 2.45) is 11.8 Å². The summed E-state index contributed by atoms with van der Waals surface area (Å²) in [6.45, 7) is 6.00. The van der Waals surface area contributed by atoms with E-state index in [0.717, 1.165) is 12.1 Å². The quantitative estimate of drug-likeness (QED) is 0.762. The van der Waals surface area contributed by atoms with Gasteiger partial charge in [-0.2, -0.15) is 0 Å². The maximum Gasteiger partial charge on any atom is 0.323 e. The molecule has 3 atom stereocenters. The molecule has 27 heavy (non-hydrogen) atoms. The third-order valence-electron chi connectivity index (χ3n) is 5.42. The van der Waals surface area contributed by atoms with Crippen molar-refractivity contribution in [1.29, 1.82) is 0 Å². The Labute approximate surface area is 161 Å². The first-order chi connectivity index (χ1) is 13.1. The summed E-state index contributed by atoms with van der Waals surface area (Å²) in [5.74, 6) is 0.330. The highest BCUT2D eigenvalue weighted by atomic mass is 16.5. The van der Waals surface area contributed by atoms with E-state index in [9.17, 15) is 9.90 Å². The molecule has 1 heterocycles. The van der Waals surface area contributed by atoms with Crippen LogP contribution in [0.25, 0.3) is 0 Å². The van der Waals surface area contributed by atoms with Gasteiger partial charge in [-0.3, -0.25) is 9.69 Å². The first kappa shape index (κ1) is 19.6. The summed E-state index contributed by atoms with van der Waals surface area (Å²) in [5, 5.41) is 9.88. The van der Waals surface area contributed by atoms with Crippen molar-refractivity contribution in [1.82, 2.24) is 4.90 Å². The standard InChI is InChI=1S/C23H29NO3/c1-17(2)22(23(26)27-16-18-9-5-3-6-10-18)24-13-20(15-25)21(14-24)19-11-7-4-8-12-19/h3-12,17,20-22,25H,13-16H2,1-2H3/t20?,21-,22?/m1/s1. The second-order valence-electron chi connectivity index (χ2n) is 7.70. The molecular weight excluding hydrogens is 338 g/mol. The zero-order valence-electron chi connectivity index (χ0n) is 16.1. The minimum atomic E-state index is -0.295. The molecule has 1 saturated heterocycles. The van der Waals surface area contributed by atoms with Gasteiger partial charge in [-0.15, -0.1) is 0 Å². The zero-order valence-corrected chi connectivity index (χ0v) is 16.1. The van der Waals surface area contributed by atoms with Crippen LogP contribution in [-0.4, -0.2) is 41.7 Å². The van der Waals surface area contributed by atoms with E-state index in [1.807, 2.05) is 48.5 Å². The van der Waals surface area contributed by atoms with Gasteiger partial charge in [-0.25, -0.2) is 0 Å². The molecule has 1 fully saturated rings. The minimum Gasteiger partial charge on any atom is -0.460 e. The maximum atomic E-state index is 12.9. The van der Waals surface area contributed by atoms with Crippen molar-refractivity contribution in [2.45, 2.75) is 32.4 Å². The number of hydrogen-bond donors (Lipinski definition) is 1. The van der Waals surface area contributed by atoms with Crippen molar-refractivity contribution in [3.63, 3.8) is 0 Å². The highest BCUT2D eigenvalue weighted by molar-refractivity contribution is 5.76. The molecule has 0 amide bonds. The van der Waals surface area contributed by atoms with Crippen LogP contribution in [0, 0.1) is 11.8 Å². The minimum absolute atomic E-state index is 0.125. The molecule has 0 spiro atoms. The zero-order chi connectivity index (χ0) is 19.2. The van der Waals surface area contributed by atoms with Crippen molar-refractivity contribution < 1.29 is 14.6 Å². The first-order valence-corrected chi connectivity index (χ1v) is 9.70. The Kier molecular flexibility index (Phi) is 6.64. The van der Waals surface area contributed by atoms with Crippen LogP contribution < -0.4 is 0 Å². The number of aliphatic hydroxyl groups is 1. The van der Waals surface area contributed by atoms with E-state index in [4.69, 9.17) is 4.74 Å². The smallest absolute Gasteiger partial charge is 0.323 e. The molecule has 3 rings (SSSR count). The summed E-state index contributed by atoms with van der Waals surface area (Å²) in [7, 11) is 0. The van der Waals surface area contributed by atoms with Crippen LogP contribution in [0.15, 0.2) is 60.7 Å². The summed E-state index contributed by atoms with van der Waals surface area (Å²) in [6, 6.07) is 19.7. The monoisotopic (exact) mass is 367 g/mol. The molecule has 2 aromatic carbocycles. The molecule has 144 valence electrons. The van der Waals surface area contributed by atoms with E-state index < -0.39 is 0 Å². The Morgan fingerprint density at radius 3 is 2.30 bits per heavy atom. The van der Waals surface area contributed by atoms with E-state index in [1.165, 1.54) is 5.56 Å². The number of esters is 1. The van der Waals surface area contributed by atoms with Gasteiger partial charge in [0.15, 0.2) is 0 Å². The van der Waals surface area contributed by atoms with Crippen LogP contribution >= 0.6 is 0 Å². The summed E-state index contributed by atoms with van der Waals surface area (Å²) in [6.07, 6.45) is 0. The molecule has 2 aromatic rings. The average molecular weight is 367 g/mol. The van der Waals surface area contributed by atoms with Crippen molar-refractivity contribution in [3.05, 3.63) is 71.8 Å². The SMILES string of the molecule is CC(C)C(C(=O)OCc1ccccc1)N1CC(CO)[C@@H](c2ccccc2)C1. The molecule has 0 aromatic heterocycles. The molecule has 2 unspecified atom stereocenters. The fourth-order valence-corrected chi connectivity index (χ4v) is 4.05. The Morgan fingerprint density at radius 1 is 1.07 bits per heavy atom. The van der Waals surface area contributed by atoms with Crippen LogP contribution in [0.2, 0.25) is 0 Å². The number of hydrogen-bond acceptors (Lipinski definition) is 4. The van der Waals surface area contributed by atoms with Gasteiger partial charge in [0.2, 0.25) is 0 Å². The predicted molar refractivity (Wildman–Crippen MR) is 106 cm³/mol. The number of carbonyl (C=O) groups is 1. The largest absolute Gasteiger partial charge is 0.460 e. The van der Waals surface area contributed by atoms with Gasteiger partial charge >= 0.3 is 5.97 Å². The van der Waals surface area contributed by atoms with Gasteiger partial charge in [0.1, 0.15) is 12.6 Å². The lowest BCUT2D eigenvalue weighted by Gasteiger charge is -2.29. The lowest BCUT2D eigenvalue weighted by atomic mass is 9.90. The van der Waals surface area contributed by atoms with Crippen molar-refractivity contribution in [3.8, 4) is 0 Å². The molecule has 1 aliphatic heterocycles. The van der Waals surface area contributed by atoms with Gasteiger partial charge < -0.3 is 9.84 Å². The van der Waals surface area contributed by atoms with Crippen molar-refractivity contribution >= 4 is 5.97 Å². The van der Waals surface area contributed by atoms with E-state index in [-0.39, 0.29) is 36.4 Å². The van der Waals surface area contributed by atoms with E-state index in [2.05, 4.69) is 30.9 Å². The molecule has 0 bridgehead atoms. The molecule has 4 heteroatoms. The molecule has 0 aliphatic carbocycles. The third-order valence-corrected chi connectivity index (χ3v) is 5.42. The number of ether oxygens (including phenoxy) is 1.